The van der Waals surface area contributed by atoms with Gasteiger partial charge in [-0.1, -0.05) is 24.8 Å². The summed E-state index contributed by atoms with van der Waals surface area (Å²) in [5.41, 5.74) is 0. The van der Waals surface area contributed by atoms with Crippen molar-refractivity contribution in [1.29, 1.82) is 0 Å². The Hall–Kier alpha value is -1.44. The molecule has 1 rings (SSSR count). The van der Waals surface area contributed by atoms with E-state index in [2.05, 4.69) is 6.58 Å². The molecule has 0 unspecified atom stereocenters. The number of ether oxygens (including phenoxy) is 1. The number of benzene rings is 1. The highest BCUT2D eigenvalue weighted by Crippen LogP contribution is 2.10. The van der Waals surface area contributed by atoms with Crippen molar-refractivity contribution in [3.8, 4) is 5.75 Å². The molecule has 0 saturated carbocycles. The van der Waals surface area contributed by atoms with E-state index in [1.54, 1.807) is 12.1 Å². The summed E-state index contributed by atoms with van der Waals surface area (Å²) in [7, 11) is 0. The van der Waals surface area contributed by atoms with Gasteiger partial charge in [0.1, 0.15) is 11.5 Å². The van der Waals surface area contributed by atoms with E-state index in [1.165, 1.54) is 6.61 Å². The maximum absolute atomic E-state index is 8.64. The summed E-state index contributed by atoms with van der Waals surface area (Å²) in [6.07, 6.45) is 0. The fourth-order valence-electron chi connectivity index (χ4n) is 0.635. The normalized spacial score (nSPS) is 9.09. The van der Waals surface area contributed by atoms with Crippen LogP contribution in [0.2, 0.25) is 0 Å². The smallest absolute Gasteiger partial charge is 0.198 e. The molecule has 0 heterocycles. The maximum Gasteiger partial charge on any atom is 0.198 e. The van der Waals surface area contributed by atoms with Crippen LogP contribution in [0, 0.1) is 6.61 Å². The molecule has 1 N–H and O–H groups in total. The van der Waals surface area contributed by atoms with Gasteiger partial charge in [-0.3, -0.25) is 0 Å². The number of para-hydroxylation sites is 1. The number of hydrogen-bond donors (Lipinski definition) is 1. The van der Waals surface area contributed by atoms with Crippen LogP contribution in [0.5, 0.6) is 5.75 Å². The molecule has 57 valence electrons. The summed E-state index contributed by atoms with van der Waals surface area (Å²) in [6, 6.07) is 9.17. The summed E-state index contributed by atoms with van der Waals surface area (Å²) < 4.78 is 4.99. The van der Waals surface area contributed by atoms with Gasteiger partial charge in [-0.15, -0.1) is 0 Å². The third kappa shape index (κ3) is 2.76. The molecule has 0 atom stereocenters. The summed E-state index contributed by atoms with van der Waals surface area (Å²) in [6.45, 7) is 4.44. The van der Waals surface area contributed by atoms with Gasteiger partial charge in [0, 0.05) is 0 Å². The molecule has 0 bridgehead atoms. The lowest BCUT2D eigenvalue weighted by Crippen LogP contribution is -1.91. The molecule has 0 aliphatic rings. The number of aliphatic hydroxyl groups excluding tert-OH is 1. The zero-order chi connectivity index (χ0) is 8.10. The highest BCUT2D eigenvalue weighted by atomic mass is 16.5. The van der Waals surface area contributed by atoms with E-state index in [1.807, 2.05) is 18.2 Å². The second-order valence-corrected chi connectivity index (χ2v) is 2.04. The van der Waals surface area contributed by atoms with Crippen molar-refractivity contribution in [2.45, 2.75) is 0 Å². The van der Waals surface area contributed by atoms with Crippen molar-refractivity contribution in [2.75, 3.05) is 0 Å². The predicted molar refractivity (Wildman–Crippen MR) is 43.1 cm³/mol. The minimum Gasteiger partial charge on any atom is -0.509 e. The molecule has 2 heteroatoms. The summed E-state index contributed by atoms with van der Waals surface area (Å²) >= 11 is 0. The highest BCUT2D eigenvalue weighted by molar-refractivity contribution is 5.22. The summed E-state index contributed by atoms with van der Waals surface area (Å²) in [5, 5.41) is 8.64. The molecule has 1 aromatic rings. The van der Waals surface area contributed by atoms with Crippen LogP contribution in [-0.2, 0) is 0 Å². The molecule has 2 nitrogen and oxygen atoms in total. The van der Waals surface area contributed by atoms with Gasteiger partial charge in [-0.05, 0) is 12.1 Å². The highest BCUT2D eigenvalue weighted by Gasteiger charge is 1.92. The molecule has 0 aliphatic carbocycles. The van der Waals surface area contributed by atoms with Crippen molar-refractivity contribution in [2.24, 2.45) is 0 Å². The zero-order valence-electron chi connectivity index (χ0n) is 6.03. The average molecular weight is 149 g/mol. The molecule has 0 amide bonds. The van der Waals surface area contributed by atoms with E-state index < -0.39 is 0 Å². The number of aliphatic hydroxyl groups is 1. The Kier molecular flexibility index (Phi) is 2.55. The van der Waals surface area contributed by atoms with Crippen LogP contribution in [0.4, 0.5) is 0 Å². The van der Waals surface area contributed by atoms with Crippen LogP contribution in [0.25, 0.3) is 0 Å². The maximum atomic E-state index is 8.64. The molecule has 1 radical (unpaired) electrons. The van der Waals surface area contributed by atoms with Gasteiger partial charge < -0.3 is 9.84 Å². The molecule has 11 heavy (non-hydrogen) atoms. The Bertz CT molecular complexity index is 229. The van der Waals surface area contributed by atoms with Crippen LogP contribution in [0.15, 0.2) is 42.7 Å². The minimum absolute atomic E-state index is 0.0890. The largest absolute Gasteiger partial charge is 0.509 e. The predicted octanol–water partition coefficient (Wildman–Crippen LogP) is 2.30. The van der Waals surface area contributed by atoms with E-state index in [4.69, 9.17) is 9.84 Å². The third-order valence-corrected chi connectivity index (χ3v) is 1.07. The van der Waals surface area contributed by atoms with E-state index >= 15 is 0 Å². The van der Waals surface area contributed by atoms with Crippen molar-refractivity contribution in [3.63, 3.8) is 0 Å². The molecule has 0 spiro atoms. The molecule has 0 fully saturated rings. The lowest BCUT2D eigenvalue weighted by molar-refractivity contribution is 0.331. The molecule has 0 saturated heterocycles. The first-order chi connectivity index (χ1) is 5.29. The molecular formula is C9H9O2. The summed E-state index contributed by atoms with van der Waals surface area (Å²) in [5.74, 6) is 0.594. The minimum atomic E-state index is -0.0890. The Morgan fingerprint density at radius 3 is 2.55 bits per heavy atom. The van der Waals surface area contributed by atoms with E-state index in [-0.39, 0.29) is 5.76 Å². The van der Waals surface area contributed by atoms with Crippen LogP contribution >= 0.6 is 0 Å². The first-order valence-electron chi connectivity index (χ1n) is 3.22. The van der Waals surface area contributed by atoms with Crippen LogP contribution in [0.3, 0.4) is 0 Å². The Morgan fingerprint density at radius 2 is 2.00 bits per heavy atom. The quantitative estimate of drug-likeness (QED) is 0.668. The van der Waals surface area contributed by atoms with Gasteiger partial charge >= 0.3 is 0 Å². The summed E-state index contributed by atoms with van der Waals surface area (Å²) in [4.78, 5) is 0. The van der Waals surface area contributed by atoms with Gasteiger partial charge in [0.25, 0.3) is 0 Å². The fourth-order valence-corrected chi connectivity index (χ4v) is 0.635. The Morgan fingerprint density at radius 1 is 1.36 bits per heavy atom. The van der Waals surface area contributed by atoms with Crippen LogP contribution in [0.1, 0.15) is 0 Å². The van der Waals surface area contributed by atoms with Gasteiger partial charge in [-0.2, -0.15) is 0 Å². The third-order valence-electron chi connectivity index (χ3n) is 1.07. The van der Waals surface area contributed by atoms with Crippen molar-refractivity contribution < 1.29 is 9.84 Å². The van der Waals surface area contributed by atoms with E-state index in [0.717, 1.165) is 0 Å². The standard InChI is InChI=1S/C9H9O2/c1-8(10)7-11-9-5-3-2-4-6-9/h2-7,10H,1H2. The molecule has 0 aromatic heterocycles. The Balaban J connectivity index is 2.45. The zero-order valence-corrected chi connectivity index (χ0v) is 6.03. The monoisotopic (exact) mass is 149 g/mol. The van der Waals surface area contributed by atoms with Crippen molar-refractivity contribution in [3.05, 3.63) is 49.3 Å². The number of hydrogen-bond acceptors (Lipinski definition) is 2. The molecular weight excluding hydrogens is 140 g/mol. The lowest BCUT2D eigenvalue weighted by atomic mass is 10.3. The van der Waals surface area contributed by atoms with E-state index in [0.29, 0.717) is 5.75 Å². The van der Waals surface area contributed by atoms with Gasteiger partial charge in [0.05, 0.1) is 0 Å². The average Bonchev–Trinajstić information content (AvgIpc) is 2.03. The van der Waals surface area contributed by atoms with Crippen molar-refractivity contribution >= 4 is 0 Å². The van der Waals surface area contributed by atoms with Crippen molar-refractivity contribution in [1.82, 2.24) is 0 Å². The molecule has 0 aliphatic heterocycles. The SMILES string of the molecule is C=C(O)[CH]Oc1ccccc1. The van der Waals surface area contributed by atoms with Gasteiger partial charge in [0.15, 0.2) is 6.61 Å². The lowest BCUT2D eigenvalue weighted by Gasteiger charge is -2.01. The van der Waals surface area contributed by atoms with Gasteiger partial charge in [0.2, 0.25) is 0 Å². The first-order valence-corrected chi connectivity index (χ1v) is 3.22. The number of rotatable bonds is 3. The fraction of sp³-hybridized carbons (Fsp3) is 0. The second-order valence-electron chi connectivity index (χ2n) is 2.04. The first kappa shape index (κ1) is 7.66. The topological polar surface area (TPSA) is 29.5 Å². The Labute approximate surface area is 65.7 Å². The molecule has 1 aromatic carbocycles. The van der Waals surface area contributed by atoms with E-state index in [9.17, 15) is 0 Å². The van der Waals surface area contributed by atoms with Crippen LogP contribution < -0.4 is 4.74 Å². The second kappa shape index (κ2) is 3.66. The van der Waals surface area contributed by atoms with Gasteiger partial charge in [-0.25, -0.2) is 0 Å². The van der Waals surface area contributed by atoms with Crippen LogP contribution in [-0.4, -0.2) is 5.11 Å².